The molecular formula is C42H46O23. The lowest BCUT2D eigenvalue weighted by atomic mass is 9.97. The molecule has 0 bridgehead atoms. The number of aliphatic hydroxyl groups is 10. The Hall–Kier alpha value is -5.48. The Labute approximate surface area is 365 Å². The average molecular weight is 919 g/mol. The molecule has 0 spiro atoms. The van der Waals surface area contributed by atoms with E-state index in [9.17, 15) is 76.0 Å². The van der Waals surface area contributed by atoms with E-state index >= 15 is 0 Å². The number of aliphatic hydroxyl groups excluding tert-OH is 10. The second-order valence-corrected chi connectivity index (χ2v) is 15.2. The molecule has 0 amide bonds. The van der Waals surface area contributed by atoms with Gasteiger partial charge in [0.1, 0.15) is 95.0 Å². The quantitative estimate of drug-likeness (QED) is 0.0470. The largest absolute Gasteiger partial charge is 0.508 e. The van der Waals surface area contributed by atoms with Gasteiger partial charge >= 0.3 is 5.97 Å². The fraction of sp³-hybridized carbons (Fsp3) is 0.429. The number of ether oxygens (including phenoxy) is 7. The first-order valence-electron chi connectivity index (χ1n) is 19.9. The number of hydrogen-bond acceptors (Lipinski definition) is 23. The summed E-state index contributed by atoms with van der Waals surface area (Å²) in [6.07, 6.45) is -25.3. The van der Waals surface area contributed by atoms with Crippen LogP contribution in [-0.2, 0) is 28.5 Å². The van der Waals surface area contributed by atoms with E-state index < -0.39 is 152 Å². The molecule has 3 aliphatic rings. The predicted octanol–water partition coefficient (Wildman–Crippen LogP) is -2.98. The molecule has 4 aromatic rings. The average Bonchev–Trinajstić information content (AvgIpc) is 3.29. The molecule has 1 aromatic heterocycles. The number of carbonyl (C=O) groups is 1. The zero-order valence-corrected chi connectivity index (χ0v) is 33.6. The van der Waals surface area contributed by atoms with Crippen molar-refractivity contribution in [1.82, 2.24) is 0 Å². The molecule has 23 heteroatoms. The van der Waals surface area contributed by atoms with Gasteiger partial charge in [-0.05, 0) is 48.0 Å². The van der Waals surface area contributed by atoms with Gasteiger partial charge in [0.2, 0.25) is 23.8 Å². The van der Waals surface area contributed by atoms with E-state index in [2.05, 4.69) is 0 Å². The number of rotatable bonds is 13. The van der Waals surface area contributed by atoms with Crippen LogP contribution in [0.25, 0.3) is 28.4 Å². The first-order chi connectivity index (χ1) is 31.0. The van der Waals surface area contributed by atoms with Crippen molar-refractivity contribution in [2.45, 2.75) is 92.1 Å². The second-order valence-electron chi connectivity index (χ2n) is 15.2. The highest BCUT2D eigenvalue weighted by Crippen LogP contribution is 2.39. The van der Waals surface area contributed by atoms with Crippen LogP contribution in [0.3, 0.4) is 0 Å². The Bertz CT molecular complexity index is 2350. The van der Waals surface area contributed by atoms with Gasteiger partial charge in [0.15, 0.2) is 24.3 Å². The molecule has 3 saturated heterocycles. The summed E-state index contributed by atoms with van der Waals surface area (Å²) in [6, 6.07) is 12.7. The normalized spacial score (nSPS) is 32.9. The van der Waals surface area contributed by atoms with Crippen molar-refractivity contribution in [1.29, 1.82) is 0 Å². The maximum absolute atomic E-state index is 14.4. The first kappa shape index (κ1) is 47.5. The fourth-order valence-corrected chi connectivity index (χ4v) is 7.33. The van der Waals surface area contributed by atoms with Crippen LogP contribution in [0.2, 0.25) is 0 Å². The minimum atomic E-state index is -2.09. The van der Waals surface area contributed by atoms with E-state index in [1.807, 2.05) is 0 Å². The van der Waals surface area contributed by atoms with Crippen molar-refractivity contribution in [2.75, 3.05) is 19.8 Å². The van der Waals surface area contributed by atoms with Gasteiger partial charge in [-0.2, -0.15) is 0 Å². The van der Waals surface area contributed by atoms with Crippen LogP contribution in [0.1, 0.15) is 5.56 Å². The topological polar surface area (TPSA) is 375 Å². The molecule has 15 atom stereocenters. The number of aromatic hydroxyl groups is 3. The maximum atomic E-state index is 14.4. The van der Waals surface area contributed by atoms with E-state index in [0.29, 0.717) is 5.56 Å². The molecule has 0 aliphatic carbocycles. The number of phenols is 3. The number of esters is 1. The molecule has 0 radical (unpaired) electrons. The van der Waals surface area contributed by atoms with E-state index in [1.165, 1.54) is 54.6 Å². The van der Waals surface area contributed by atoms with Crippen molar-refractivity contribution in [2.24, 2.45) is 0 Å². The molecule has 0 saturated carbocycles. The van der Waals surface area contributed by atoms with Crippen LogP contribution < -0.4 is 14.9 Å². The number of fused-ring (bicyclic) bond motifs is 1. The number of carbonyl (C=O) groups excluding carboxylic acids is 1. The van der Waals surface area contributed by atoms with Gasteiger partial charge < -0.3 is 104 Å². The summed E-state index contributed by atoms with van der Waals surface area (Å²) < 4.78 is 45.7. The number of benzene rings is 3. The van der Waals surface area contributed by atoms with E-state index in [4.69, 9.17) is 37.6 Å². The van der Waals surface area contributed by atoms with Gasteiger partial charge in [0, 0.05) is 23.8 Å². The minimum Gasteiger partial charge on any atom is -0.508 e. The molecule has 3 aliphatic heterocycles. The zero-order valence-electron chi connectivity index (χ0n) is 33.6. The predicted molar refractivity (Wildman–Crippen MR) is 214 cm³/mol. The summed E-state index contributed by atoms with van der Waals surface area (Å²) in [5, 5.41) is 135. The maximum Gasteiger partial charge on any atom is 0.331 e. The fourth-order valence-electron chi connectivity index (χ4n) is 7.33. The van der Waals surface area contributed by atoms with Gasteiger partial charge in [-0.25, -0.2) is 4.79 Å². The van der Waals surface area contributed by atoms with E-state index in [1.54, 1.807) is 0 Å². The Kier molecular flexibility index (Phi) is 14.6. The highest BCUT2D eigenvalue weighted by Gasteiger charge is 2.53. The third-order valence-electron chi connectivity index (χ3n) is 10.9. The Morgan fingerprint density at radius 1 is 0.615 bits per heavy atom. The molecule has 3 aromatic carbocycles. The number of phenolic OH excluding ortho intramolecular Hbond substituents is 3. The standard InChI is InChI=1S/C42H46O23/c43-13-23-28(50)32(54)34(56)40(60-23)58-20-11-21(48)27-22(12-20)59-36(17-4-8-19(47)9-5-17)38(31(27)53)64-42-39(33(55)29(51)24(14-44)62-42)65-41-35(57)37(30(52)25(15-45)61-41)63-26(49)10-3-16-1-6-18(46)7-2-16/h1-12,23-25,28-30,32-35,37,39-48,50-52,54-57H,13-15H2. The molecular weight excluding hydrogens is 872 g/mol. The second kappa shape index (κ2) is 19.9. The zero-order chi connectivity index (χ0) is 46.9. The summed E-state index contributed by atoms with van der Waals surface area (Å²) in [5.74, 6) is -3.64. The molecule has 352 valence electrons. The van der Waals surface area contributed by atoms with Crippen molar-refractivity contribution < 1.29 is 109 Å². The van der Waals surface area contributed by atoms with Crippen LogP contribution in [0.5, 0.6) is 28.7 Å². The van der Waals surface area contributed by atoms with Crippen LogP contribution in [0.15, 0.2) is 76.0 Å². The molecule has 23 nitrogen and oxygen atoms in total. The van der Waals surface area contributed by atoms with E-state index in [0.717, 1.165) is 18.2 Å². The first-order valence-corrected chi connectivity index (χ1v) is 19.9. The molecule has 7 rings (SSSR count). The van der Waals surface area contributed by atoms with E-state index in [-0.39, 0.29) is 22.8 Å². The Morgan fingerprint density at radius 2 is 1.18 bits per heavy atom. The van der Waals surface area contributed by atoms with Crippen LogP contribution in [0.4, 0.5) is 0 Å². The lowest BCUT2D eigenvalue weighted by Crippen LogP contribution is -2.65. The third-order valence-corrected chi connectivity index (χ3v) is 10.9. The monoisotopic (exact) mass is 918 g/mol. The summed E-state index contributed by atoms with van der Waals surface area (Å²) in [6.45, 7) is -2.63. The van der Waals surface area contributed by atoms with Crippen molar-refractivity contribution in [3.8, 4) is 40.1 Å². The highest BCUT2D eigenvalue weighted by molar-refractivity contribution is 5.88. The van der Waals surface area contributed by atoms with Gasteiger partial charge in [-0.3, -0.25) is 4.79 Å². The summed E-state index contributed by atoms with van der Waals surface area (Å²) in [5.41, 5.74) is -1.01. The minimum absolute atomic E-state index is 0.0307. The van der Waals surface area contributed by atoms with Crippen LogP contribution in [0, 0.1) is 0 Å². The Balaban J connectivity index is 1.22. The van der Waals surface area contributed by atoms with Crippen molar-refractivity contribution >= 4 is 23.0 Å². The van der Waals surface area contributed by atoms with Crippen molar-refractivity contribution in [3.63, 3.8) is 0 Å². The molecule has 65 heavy (non-hydrogen) atoms. The summed E-state index contributed by atoms with van der Waals surface area (Å²) in [4.78, 5) is 27.3. The van der Waals surface area contributed by atoms with Gasteiger partial charge in [-0.15, -0.1) is 0 Å². The van der Waals surface area contributed by atoms with Gasteiger partial charge in [0.25, 0.3) is 0 Å². The summed E-state index contributed by atoms with van der Waals surface area (Å²) in [7, 11) is 0. The van der Waals surface area contributed by atoms with Crippen LogP contribution in [-0.4, -0.2) is 184 Å². The SMILES string of the molecule is O=C(C=Cc1ccc(O)cc1)OC1C(O)C(CO)OC(OC2C(Oc3c(-c4ccc(O)cc4)oc4cc(OC5OC(CO)C(O)C(O)C5O)cc(O)c4c3=O)OC(CO)C(O)C2O)C1O. The molecule has 3 fully saturated rings. The highest BCUT2D eigenvalue weighted by atomic mass is 16.8. The van der Waals surface area contributed by atoms with Crippen molar-refractivity contribution in [3.05, 3.63) is 82.5 Å². The Morgan fingerprint density at radius 3 is 1.82 bits per heavy atom. The molecule has 15 unspecified atom stereocenters. The molecule has 4 heterocycles. The molecule has 13 N–H and O–H groups in total. The van der Waals surface area contributed by atoms with Crippen LogP contribution >= 0.6 is 0 Å². The lowest BCUT2D eigenvalue weighted by molar-refractivity contribution is -0.358. The summed E-state index contributed by atoms with van der Waals surface area (Å²) >= 11 is 0. The van der Waals surface area contributed by atoms with Gasteiger partial charge in [0.05, 0.1) is 19.8 Å². The number of hydrogen-bond donors (Lipinski definition) is 13. The smallest absolute Gasteiger partial charge is 0.331 e. The lowest BCUT2D eigenvalue weighted by Gasteiger charge is -2.46. The third kappa shape index (κ3) is 9.89. The van der Waals surface area contributed by atoms with Gasteiger partial charge in [-0.1, -0.05) is 12.1 Å².